The highest BCUT2D eigenvalue weighted by molar-refractivity contribution is 7.89. The van der Waals surface area contributed by atoms with Crippen LogP contribution in [0.1, 0.15) is 40.5 Å². The summed E-state index contributed by atoms with van der Waals surface area (Å²) in [7, 11) is -3.24. The molecule has 0 radical (unpaired) electrons. The van der Waals surface area contributed by atoms with Crippen LogP contribution in [0.25, 0.3) is 0 Å². The Balaban J connectivity index is 2.17. The number of rotatable bonds is 3. The number of sulfonamides is 1. The summed E-state index contributed by atoms with van der Waals surface area (Å²) in [4.78, 5) is 14.4. The third-order valence-electron chi connectivity index (χ3n) is 4.44. The number of nitrogens with zero attached hydrogens (tertiary/aromatic N) is 2. The van der Waals surface area contributed by atoms with E-state index in [1.807, 2.05) is 18.7 Å². The number of amides is 1. The molecular weight excluding hydrogens is 264 g/mol. The first kappa shape index (κ1) is 14.8. The van der Waals surface area contributed by atoms with Crippen LogP contribution in [0.3, 0.4) is 0 Å². The van der Waals surface area contributed by atoms with Crippen molar-refractivity contribution in [2.24, 2.45) is 5.41 Å². The molecule has 0 N–H and O–H groups in total. The molecule has 2 aliphatic rings. The van der Waals surface area contributed by atoms with Gasteiger partial charge in [-0.15, -0.1) is 0 Å². The first-order chi connectivity index (χ1) is 8.70. The van der Waals surface area contributed by atoms with Gasteiger partial charge in [0.15, 0.2) is 0 Å². The van der Waals surface area contributed by atoms with Gasteiger partial charge < -0.3 is 4.90 Å². The van der Waals surface area contributed by atoms with E-state index >= 15 is 0 Å². The second-order valence-electron chi connectivity index (χ2n) is 6.30. The van der Waals surface area contributed by atoms with Crippen LogP contribution in [0, 0.1) is 5.41 Å². The van der Waals surface area contributed by atoms with Gasteiger partial charge in [-0.2, -0.15) is 0 Å². The Morgan fingerprint density at radius 2 is 1.68 bits per heavy atom. The molecule has 1 spiro atoms. The van der Waals surface area contributed by atoms with Crippen molar-refractivity contribution in [2.45, 2.75) is 51.8 Å². The Morgan fingerprint density at radius 3 is 2.16 bits per heavy atom. The van der Waals surface area contributed by atoms with Gasteiger partial charge >= 0.3 is 0 Å². The van der Waals surface area contributed by atoms with Gasteiger partial charge in [-0.05, 0) is 40.5 Å². The quantitative estimate of drug-likeness (QED) is 0.780. The van der Waals surface area contributed by atoms with E-state index in [9.17, 15) is 13.2 Å². The van der Waals surface area contributed by atoms with E-state index in [2.05, 4.69) is 0 Å². The summed E-state index contributed by atoms with van der Waals surface area (Å²) in [5.74, 6) is 0.143. The molecule has 2 heterocycles. The van der Waals surface area contributed by atoms with Gasteiger partial charge in [0.2, 0.25) is 15.9 Å². The highest BCUT2D eigenvalue weighted by atomic mass is 32.2. The van der Waals surface area contributed by atoms with Gasteiger partial charge in [0.1, 0.15) is 0 Å². The Hall–Kier alpha value is -0.620. The molecule has 2 saturated heterocycles. The lowest BCUT2D eigenvalue weighted by Gasteiger charge is -2.26. The van der Waals surface area contributed by atoms with Crippen LogP contribution < -0.4 is 0 Å². The summed E-state index contributed by atoms with van der Waals surface area (Å²) in [6.07, 6.45) is 1.45. The highest BCUT2D eigenvalue weighted by Crippen LogP contribution is 2.42. The van der Waals surface area contributed by atoms with E-state index in [4.69, 9.17) is 0 Å². The van der Waals surface area contributed by atoms with Crippen LogP contribution >= 0.6 is 0 Å². The number of carbonyl (C=O) groups excluding carboxylic acids is 1. The molecule has 0 saturated carbocycles. The second kappa shape index (κ2) is 4.74. The monoisotopic (exact) mass is 288 g/mol. The Bertz CT molecular complexity index is 472. The van der Waals surface area contributed by atoms with Crippen molar-refractivity contribution < 1.29 is 13.2 Å². The molecule has 2 aliphatic heterocycles. The van der Waals surface area contributed by atoms with Gasteiger partial charge in [-0.1, -0.05) is 0 Å². The molecule has 5 nitrogen and oxygen atoms in total. The smallest absolute Gasteiger partial charge is 0.230 e. The fraction of sp³-hybridized carbons (Fsp3) is 0.923. The Kier molecular flexibility index (Phi) is 3.68. The lowest BCUT2D eigenvalue weighted by Crippen LogP contribution is -2.41. The molecule has 1 atom stereocenters. The van der Waals surface area contributed by atoms with Crippen molar-refractivity contribution in [2.75, 3.05) is 19.6 Å². The van der Waals surface area contributed by atoms with Crippen LogP contribution in [0.5, 0.6) is 0 Å². The van der Waals surface area contributed by atoms with Crippen LogP contribution in [-0.2, 0) is 14.8 Å². The molecular formula is C13H24N2O3S. The third kappa shape index (κ3) is 2.29. The molecule has 0 aromatic rings. The van der Waals surface area contributed by atoms with Crippen LogP contribution in [0.15, 0.2) is 0 Å². The average Bonchev–Trinajstić information content (AvgIpc) is 2.86. The average molecular weight is 288 g/mol. The van der Waals surface area contributed by atoms with Crippen LogP contribution in [0.4, 0.5) is 0 Å². The number of likely N-dealkylation sites (tertiary alicyclic amines) is 1. The fourth-order valence-electron chi connectivity index (χ4n) is 3.07. The summed E-state index contributed by atoms with van der Waals surface area (Å²) in [5, 5.41) is -0.416. The predicted molar refractivity (Wildman–Crippen MR) is 74.1 cm³/mol. The van der Waals surface area contributed by atoms with Crippen molar-refractivity contribution in [3.8, 4) is 0 Å². The van der Waals surface area contributed by atoms with Crippen molar-refractivity contribution >= 4 is 15.9 Å². The van der Waals surface area contributed by atoms with Gasteiger partial charge in [-0.3, -0.25) is 4.79 Å². The van der Waals surface area contributed by atoms with E-state index in [-0.39, 0.29) is 11.9 Å². The zero-order chi connectivity index (χ0) is 14.4. The third-order valence-corrected chi connectivity index (χ3v) is 6.67. The van der Waals surface area contributed by atoms with E-state index in [1.54, 1.807) is 13.8 Å². The normalized spacial score (nSPS) is 29.4. The highest BCUT2D eigenvalue weighted by Gasteiger charge is 2.53. The standard InChI is InChI=1S/C13H24N2O3S/c1-10(2)15-8-6-13(12(15)16)5-7-14(9-13)19(17,18)11(3)4/h10-11H,5-9H2,1-4H3. The molecule has 2 fully saturated rings. The molecule has 0 aromatic carbocycles. The molecule has 6 heteroatoms. The molecule has 0 aromatic heterocycles. The van der Waals surface area contributed by atoms with E-state index in [0.717, 1.165) is 13.0 Å². The van der Waals surface area contributed by atoms with Gasteiger partial charge in [0.25, 0.3) is 0 Å². The lowest BCUT2D eigenvalue weighted by molar-refractivity contribution is -0.136. The Morgan fingerprint density at radius 1 is 1.11 bits per heavy atom. The largest absolute Gasteiger partial charge is 0.340 e. The molecule has 110 valence electrons. The fourth-order valence-corrected chi connectivity index (χ4v) is 4.44. The minimum absolute atomic E-state index is 0.143. The van der Waals surface area contributed by atoms with Crippen molar-refractivity contribution in [3.63, 3.8) is 0 Å². The summed E-state index contributed by atoms with van der Waals surface area (Å²) >= 11 is 0. The summed E-state index contributed by atoms with van der Waals surface area (Å²) in [6.45, 7) is 9.01. The van der Waals surface area contributed by atoms with Crippen molar-refractivity contribution in [1.82, 2.24) is 9.21 Å². The molecule has 0 bridgehead atoms. The lowest BCUT2D eigenvalue weighted by atomic mass is 9.86. The Labute approximate surface area is 116 Å². The predicted octanol–water partition coefficient (Wildman–Crippen LogP) is 1.06. The van der Waals surface area contributed by atoms with E-state index in [0.29, 0.717) is 19.5 Å². The van der Waals surface area contributed by atoms with Gasteiger partial charge in [0, 0.05) is 25.7 Å². The first-order valence-electron chi connectivity index (χ1n) is 7.01. The summed E-state index contributed by atoms with van der Waals surface area (Å²) < 4.78 is 25.9. The van der Waals surface area contributed by atoms with Crippen molar-refractivity contribution in [3.05, 3.63) is 0 Å². The van der Waals surface area contributed by atoms with E-state index < -0.39 is 20.7 Å². The molecule has 19 heavy (non-hydrogen) atoms. The van der Waals surface area contributed by atoms with Crippen LogP contribution in [-0.4, -0.2) is 54.5 Å². The second-order valence-corrected chi connectivity index (χ2v) is 8.79. The first-order valence-corrected chi connectivity index (χ1v) is 8.51. The minimum Gasteiger partial charge on any atom is -0.340 e. The molecule has 1 amide bonds. The SMILES string of the molecule is CC(C)N1CCC2(CCN(S(=O)(=O)C(C)C)C2)C1=O. The number of hydrogen-bond acceptors (Lipinski definition) is 3. The summed E-state index contributed by atoms with van der Waals surface area (Å²) in [6, 6.07) is 0.197. The number of carbonyl (C=O) groups is 1. The maximum Gasteiger partial charge on any atom is 0.230 e. The van der Waals surface area contributed by atoms with Crippen LogP contribution in [0.2, 0.25) is 0 Å². The topological polar surface area (TPSA) is 57.7 Å². The van der Waals surface area contributed by atoms with Gasteiger partial charge in [-0.25, -0.2) is 12.7 Å². The molecule has 1 unspecified atom stereocenters. The number of hydrogen-bond donors (Lipinski definition) is 0. The molecule has 0 aliphatic carbocycles. The zero-order valence-corrected chi connectivity index (χ0v) is 13.0. The summed E-state index contributed by atoms with van der Waals surface area (Å²) in [5.41, 5.74) is -0.452. The van der Waals surface area contributed by atoms with Gasteiger partial charge in [0.05, 0.1) is 10.7 Å². The molecule has 2 rings (SSSR count). The zero-order valence-electron chi connectivity index (χ0n) is 12.2. The maximum absolute atomic E-state index is 12.5. The maximum atomic E-state index is 12.5. The van der Waals surface area contributed by atoms with E-state index in [1.165, 1.54) is 4.31 Å². The van der Waals surface area contributed by atoms with Crippen molar-refractivity contribution in [1.29, 1.82) is 0 Å². The minimum atomic E-state index is -3.24.